The van der Waals surface area contributed by atoms with E-state index in [4.69, 9.17) is 9.47 Å². The second-order valence-electron chi connectivity index (χ2n) is 8.45. The molecule has 0 bridgehead atoms. The van der Waals surface area contributed by atoms with Crippen molar-refractivity contribution < 1.29 is 19.4 Å². The molecule has 1 saturated heterocycles. The monoisotopic (exact) mass is 426 g/mol. The number of carbonyl (C=O) groups excluding carboxylic acids is 1. The Morgan fingerprint density at radius 1 is 1.10 bits per heavy atom. The van der Waals surface area contributed by atoms with E-state index in [1.54, 1.807) is 0 Å². The van der Waals surface area contributed by atoms with Gasteiger partial charge in [-0.1, -0.05) is 29.8 Å². The molecule has 1 N–H and O–H groups in total. The maximum Gasteiger partial charge on any atom is 0.260 e. The maximum atomic E-state index is 12.1. The van der Waals surface area contributed by atoms with Crippen LogP contribution in [0, 0.1) is 13.8 Å². The Morgan fingerprint density at radius 3 is 2.48 bits per heavy atom. The van der Waals surface area contributed by atoms with Crippen LogP contribution >= 0.6 is 0 Å². The Morgan fingerprint density at radius 2 is 1.81 bits per heavy atom. The van der Waals surface area contributed by atoms with Crippen LogP contribution < -0.4 is 9.47 Å². The summed E-state index contributed by atoms with van der Waals surface area (Å²) < 4.78 is 11.4. The number of hydrogen-bond donors (Lipinski definition) is 1. The lowest BCUT2D eigenvalue weighted by molar-refractivity contribution is -0.132. The van der Waals surface area contributed by atoms with E-state index in [0.717, 1.165) is 42.8 Å². The maximum absolute atomic E-state index is 12.1. The molecular weight excluding hydrogens is 392 g/mol. The van der Waals surface area contributed by atoms with E-state index in [2.05, 4.69) is 11.0 Å². The number of likely N-dealkylation sites (N-methyl/N-ethyl adjacent to an activating group) is 1. The van der Waals surface area contributed by atoms with E-state index >= 15 is 0 Å². The normalized spacial score (nSPS) is 14.7. The van der Waals surface area contributed by atoms with E-state index in [-0.39, 0.29) is 19.1 Å². The topological polar surface area (TPSA) is 62.2 Å². The molecule has 31 heavy (non-hydrogen) atoms. The first-order chi connectivity index (χ1) is 14.9. The predicted molar refractivity (Wildman–Crippen MR) is 122 cm³/mol. The minimum absolute atomic E-state index is 0.0540. The minimum atomic E-state index is -0.579. The summed E-state index contributed by atoms with van der Waals surface area (Å²) in [6.45, 7) is 7.30. The van der Waals surface area contributed by atoms with Crippen LogP contribution in [0.25, 0.3) is 0 Å². The van der Waals surface area contributed by atoms with E-state index < -0.39 is 6.10 Å². The molecule has 0 aliphatic carbocycles. The van der Waals surface area contributed by atoms with E-state index in [9.17, 15) is 9.90 Å². The third kappa shape index (κ3) is 7.26. The van der Waals surface area contributed by atoms with Gasteiger partial charge in [0.15, 0.2) is 6.61 Å². The highest BCUT2D eigenvalue weighted by molar-refractivity contribution is 5.78. The number of amides is 1. The lowest BCUT2D eigenvalue weighted by atomic mass is 10.1. The third-order valence-corrected chi connectivity index (χ3v) is 5.48. The largest absolute Gasteiger partial charge is 0.491 e. The lowest BCUT2D eigenvalue weighted by Crippen LogP contribution is -2.33. The summed E-state index contributed by atoms with van der Waals surface area (Å²) in [5.41, 5.74) is 3.38. The summed E-state index contributed by atoms with van der Waals surface area (Å²) in [6, 6.07) is 13.8. The van der Waals surface area contributed by atoms with Gasteiger partial charge in [0, 0.05) is 26.2 Å². The number of aryl methyl sites for hydroxylation is 2. The smallest absolute Gasteiger partial charge is 0.260 e. The van der Waals surface area contributed by atoms with Crippen LogP contribution in [0.4, 0.5) is 0 Å². The highest BCUT2D eigenvalue weighted by Crippen LogP contribution is 2.19. The van der Waals surface area contributed by atoms with Gasteiger partial charge in [0.25, 0.3) is 5.91 Å². The fourth-order valence-electron chi connectivity index (χ4n) is 3.83. The summed E-state index contributed by atoms with van der Waals surface area (Å²) in [5.74, 6) is 1.56. The van der Waals surface area contributed by atoms with Gasteiger partial charge in [-0.05, 0) is 63.1 Å². The molecule has 2 aromatic carbocycles. The van der Waals surface area contributed by atoms with Crippen LogP contribution in [0.2, 0.25) is 0 Å². The van der Waals surface area contributed by atoms with Crippen molar-refractivity contribution in [2.24, 2.45) is 0 Å². The van der Waals surface area contributed by atoms with Gasteiger partial charge in [-0.15, -0.1) is 0 Å². The molecule has 1 fully saturated rings. The molecule has 1 aliphatic rings. The van der Waals surface area contributed by atoms with Gasteiger partial charge < -0.3 is 19.5 Å². The summed E-state index contributed by atoms with van der Waals surface area (Å²) in [4.78, 5) is 16.0. The molecule has 6 nitrogen and oxygen atoms in total. The zero-order valence-electron chi connectivity index (χ0n) is 18.8. The number of aliphatic hydroxyl groups excluding tert-OH is 1. The van der Waals surface area contributed by atoms with Crippen LogP contribution in [0.5, 0.6) is 11.5 Å². The van der Waals surface area contributed by atoms with Gasteiger partial charge in [-0.25, -0.2) is 0 Å². The van der Waals surface area contributed by atoms with Gasteiger partial charge in [-0.3, -0.25) is 9.69 Å². The molecule has 1 amide bonds. The van der Waals surface area contributed by atoms with Gasteiger partial charge in [0.2, 0.25) is 0 Å². The molecule has 2 aromatic rings. The standard InChI is InChI=1S/C25H34N2O4/c1-19-6-11-24(20(2)14-19)31-17-22(28)16-26(3)15-21-7-9-23(10-8-21)30-18-25(29)27-12-4-5-13-27/h6-11,14,22,28H,4-5,12-13,15-18H2,1-3H3/t22-/m1/s1. The van der Waals surface area contributed by atoms with Crippen LogP contribution in [-0.2, 0) is 11.3 Å². The van der Waals surface area contributed by atoms with Crippen molar-refractivity contribution in [3.8, 4) is 11.5 Å². The number of rotatable bonds is 10. The summed E-state index contributed by atoms with van der Waals surface area (Å²) in [6.07, 6.45) is 1.59. The first-order valence-corrected chi connectivity index (χ1v) is 11.0. The molecule has 1 aliphatic heterocycles. The molecule has 3 rings (SSSR count). The molecule has 1 heterocycles. The van der Waals surface area contributed by atoms with Crippen LogP contribution in [0.1, 0.15) is 29.5 Å². The SMILES string of the molecule is Cc1ccc(OC[C@H](O)CN(C)Cc2ccc(OCC(=O)N3CCCC3)cc2)c(C)c1. The van der Waals surface area contributed by atoms with Crippen molar-refractivity contribution >= 4 is 5.91 Å². The van der Waals surface area contributed by atoms with E-state index in [0.29, 0.717) is 18.8 Å². The fraction of sp³-hybridized carbons (Fsp3) is 0.480. The highest BCUT2D eigenvalue weighted by Gasteiger charge is 2.18. The number of likely N-dealkylation sites (tertiary alicyclic amines) is 1. The minimum Gasteiger partial charge on any atom is -0.491 e. The first-order valence-electron chi connectivity index (χ1n) is 11.0. The highest BCUT2D eigenvalue weighted by atomic mass is 16.5. The average molecular weight is 427 g/mol. The van der Waals surface area contributed by atoms with Crippen molar-refractivity contribution in [2.45, 2.75) is 39.3 Å². The number of nitrogens with zero attached hydrogens (tertiary/aromatic N) is 2. The summed E-state index contributed by atoms with van der Waals surface area (Å²) in [7, 11) is 1.97. The molecular formula is C25H34N2O4. The molecule has 6 heteroatoms. The molecule has 168 valence electrons. The predicted octanol–water partition coefficient (Wildman–Crippen LogP) is 3.18. The van der Waals surface area contributed by atoms with E-state index in [1.807, 2.05) is 62.2 Å². The third-order valence-electron chi connectivity index (χ3n) is 5.48. The second-order valence-corrected chi connectivity index (χ2v) is 8.45. The molecule has 1 atom stereocenters. The molecule has 0 saturated carbocycles. The van der Waals surface area contributed by atoms with Gasteiger partial charge in [0.1, 0.15) is 24.2 Å². The van der Waals surface area contributed by atoms with Gasteiger partial charge in [-0.2, -0.15) is 0 Å². The Labute approximate surface area is 185 Å². The Bertz CT molecular complexity index is 847. The summed E-state index contributed by atoms with van der Waals surface area (Å²) >= 11 is 0. The van der Waals surface area contributed by atoms with Crippen molar-refractivity contribution in [1.82, 2.24) is 9.80 Å². The zero-order chi connectivity index (χ0) is 22.2. The fourth-order valence-corrected chi connectivity index (χ4v) is 3.83. The first kappa shape index (κ1) is 23.1. The Kier molecular flexibility index (Phi) is 8.32. The molecule has 0 radical (unpaired) electrons. The number of carbonyl (C=O) groups is 1. The quantitative estimate of drug-likeness (QED) is 0.632. The zero-order valence-corrected chi connectivity index (χ0v) is 18.8. The number of benzene rings is 2. The number of ether oxygens (including phenoxy) is 2. The van der Waals surface area contributed by atoms with Crippen LogP contribution in [-0.4, -0.2) is 66.8 Å². The van der Waals surface area contributed by atoms with Crippen molar-refractivity contribution in [3.05, 3.63) is 59.2 Å². The second kappa shape index (κ2) is 11.2. The molecule has 0 aromatic heterocycles. The van der Waals surface area contributed by atoms with Crippen molar-refractivity contribution in [2.75, 3.05) is 39.9 Å². The van der Waals surface area contributed by atoms with Crippen LogP contribution in [0.3, 0.4) is 0 Å². The molecule has 0 spiro atoms. The Balaban J connectivity index is 1.39. The van der Waals surface area contributed by atoms with Crippen molar-refractivity contribution in [3.63, 3.8) is 0 Å². The number of hydrogen-bond acceptors (Lipinski definition) is 5. The van der Waals surface area contributed by atoms with Crippen LogP contribution in [0.15, 0.2) is 42.5 Å². The lowest BCUT2D eigenvalue weighted by Gasteiger charge is -2.21. The molecule has 0 unspecified atom stereocenters. The Hall–Kier alpha value is -2.57. The van der Waals surface area contributed by atoms with Gasteiger partial charge >= 0.3 is 0 Å². The van der Waals surface area contributed by atoms with E-state index in [1.165, 1.54) is 5.56 Å². The van der Waals surface area contributed by atoms with Crippen molar-refractivity contribution in [1.29, 1.82) is 0 Å². The average Bonchev–Trinajstić information content (AvgIpc) is 3.27. The van der Waals surface area contributed by atoms with Gasteiger partial charge in [0.05, 0.1) is 0 Å². The summed E-state index contributed by atoms with van der Waals surface area (Å²) in [5, 5.41) is 10.3. The number of aliphatic hydroxyl groups is 1.